The predicted molar refractivity (Wildman–Crippen MR) is 96.4 cm³/mol. The number of nitrogens with one attached hydrogen (secondary N) is 4. The van der Waals surface area contributed by atoms with Crippen LogP contribution in [0.3, 0.4) is 0 Å². The molecule has 0 bridgehead atoms. The van der Waals surface area contributed by atoms with E-state index in [-0.39, 0.29) is 5.25 Å². The minimum Gasteiger partial charge on any atom is -0.312 e. The van der Waals surface area contributed by atoms with Gasteiger partial charge in [-0.15, -0.1) is 11.8 Å². The Hall–Kier alpha value is 0.140. The predicted octanol–water partition coefficient (Wildman–Crippen LogP) is -0.271. The average molecular weight is 363 g/mol. The van der Waals surface area contributed by atoms with Gasteiger partial charge in [-0.1, -0.05) is 0 Å². The Labute approximate surface area is 144 Å². The SMILES string of the molecule is CS(=O)(=O)C1CCC(C2CNCC(NCC3NCCS3)N2)CC1. The Balaban J connectivity index is 1.43. The van der Waals surface area contributed by atoms with Crippen LogP contribution in [-0.2, 0) is 9.84 Å². The van der Waals surface area contributed by atoms with Crippen LogP contribution >= 0.6 is 11.8 Å². The molecule has 8 heteroatoms. The first-order chi connectivity index (χ1) is 11.0. The lowest BCUT2D eigenvalue weighted by atomic mass is 9.83. The third kappa shape index (κ3) is 5.06. The molecule has 2 aliphatic heterocycles. The number of thioether (sulfide) groups is 1. The molecule has 4 N–H and O–H groups in total. The van der Waals surface area contributed by atoms with E-state index < -0.39 is 9.84 Å². The van der Waals surface area contributed by atoms with E-state index in [9.17, 15) is 8.42 Å². The van der Waals surface area contributed by atoms with E-state index in [1.54, 1.807) is 0 Å². The van der Waals surface area contributed by atoms with Crippen molar-refractivity contribution in [2.45, 2.75) is 48.5 Å². The molecule has 0 radical (unpaired) electrons. The Morgan fingerprint density at radius 1 is 1.17 bits per heavy atom. The summed E-state index contributed by atoms with van der Waals surface area (Å²) in [6.45, 7) is 4.03. The molecule has 134 valence electrons. The summed E-state index contributed by atoms with van der Waals surface area (Å²) < 4.78 is 23.4. The fraction of sp³-hybridized carbons (Fsp3) is 1.00. The van der Waals surface area contributed by atoms with Crippen LogP contribution in [0, 0.1) is 5.92 Å². The summed E-state index contributed by atoms with van der Waals surface area (Å²) in [4.78, 5) is 0. The van der Waals surface area contributed by atoms with Gasteiger partial charge in [0.25, 0.3) is 0 Å². The highest BCUT2D eigenvalue weighted by atomic mass is 32.2. The first-order valence-corrected chi connectivity index (χ1v) is 11.8. The van der Waals surface area contributed by atoms with E-state index in [1.165, 1.54) is 12.0 Å². The summed E-state index contributed by atoms with van der Waals surface area (Å²) in [5, 5.41) is 14.8. The molecule has 0 spiro atoms. The molecule has 2 saturated heterocycles. The summed E-state index contributed by atoms with van der Waals surface area (Å²) in [6.07, 6.45) is 5.37. The second-order valence-electron chi connectivity index (χ2n) is 7.07. The van der Waals surface area contributed by atoms with Crippen molar-refractivity contribution in [1.82, 2.24) is 21.3 Å². The first-order valence-electron chi connectivity index (χ1n) is 8.76. The molecular weight excluding hydrogens is 332 g/mol. The van der Waals surface area contributed by atoms with E-state index in [1.807, 2.05) is 11.8 Å². The second kappa shape index (κ2) is 8.01. The molecule has 3 atom stereocenters. The van der Waals surface area contributed by atoms with E-state index in [0.29, 0.717) is 23.5 Å². The summed E-state index contributed by atoms with van der Waals surface area (Å²) >= 11 is 1.98. The molecule has 3 rings (SSSR count). The van der Waals surface area contributed by atoms with Crippen molar-refractivity contribution in [1.29, 1.82) is 0 Å². The average Bonchev–Trinajstić information content (AvgIpc) is 3.06. The van der Waals surface area contributed by atoms with Crippen molar-refractivity contribution in [3.63, 3.8) is 0 Å². The van der Waals surface area contributed by atoms with Gasteiger partial charge in [0.2, 0.25) is 0 Å². The van der Waals surface area contributed by atoms with E-state index in [2.05, 4.69) is 21.3 Å². The van der Waals surface area contributed by atoms with Crippen molar-refractivity contribution in [2.75, 3.05) is 38.2 Å². The van der Waals surface area contributed by atoms with Gasteiger partial charge in [-0.05, 0) is 31.6 Å². The molecule has 2 heterocycles. The van der Waals surface area contributed by atoms with Crippen LogP contribution in [0.25, 0.3) is 0 Å². The standard InChI is InChI=1S/C15H30N4O2S2/c1-23(20,21)12-4-2-11(3-5-12)13-8-16-9-14(19-13)18-10-15-17-6-7-22-15/h11-19H,2-10H2,1H3. The van der Waals surface area contributed by atoms with Gasteiger partial charge in [0.1, 0.15) is 9.84 Å². The highest BCUT2D eigenvalue weighted by molar-refractivity contribution is 8.00. The minimum absolute atomic E-state index is 0.116. The molecule has 3 fully saturated rings. The molecule has 23 heavy (non-hydrogen) atoms. The zero-order valence-corrected chi connectivity index (χ0v) is 15.5. The lowest BCUT2D eigenvalue weighted by Crippen LogP contribution is -2.63. The fourth-order valence-electron chi connectivity index (χ4n) is 3.97. The second-order valence-corrected chi connectivity index (χ2v) is 10.7. The molecule has 0 aromatic rings. The smallest absolute Gasteiger partial charge is 0.150 e. The highest BCUT2D eigenvalue weighted by Gasteiger charge is 2.34. The van der Waals surface area contributed by atoms with Crippen molar-refractivity contribution in [2.24, 2.45) is 5.92 Å². The maximum Gasteiger partial charge on any atom is 0.150 e. The zero-order valence-electron chi connectivity index (χ0n) is 13.9. The van der Waals surface area contributed by atoms with Gasteiger partial charge >= 0.3 is 0 Å². The van der Waals surface area contributed by atoms with Crippen LogP contribution in [0.2, 0.25) is 0 Å². The third-order valence-electron chi connectivity index (χ3n) is 5.36. The molecule has 6 nitrogen and oxygen atoms in total. The van der Waals surface area contributed by atoms with Gasteiger partial charge in [-0.3, -0.25) is 10.6 Å². The Morgan fingerprint density at radius 3 is 2.61 bits per heavy atom. The summed E-state index contributed by atoms with van der Waals surface area (Å²) in [6, 6.07) is 0.450. The molecule has 3 aliphatic rings. The third-order valence-corrected chi connectivity index (χ3v) is 8.22. The summed E-state index contributed by atoms with van der Waals surface area (Å²) in [5.41, 5.74) is 0. The number of piperazine rings is 1. The molecular formula is C15H30N4O2S2. The Morgan fingerprint density at radius 2 is 1.96 bits per heavy atom. The van der Waals surface area contributed by atoms with Gasteiger partial charge in [0.15, 0.2) is 0 Å². The van der Waals surface area contributed by atoms with Crippen LogP contribution in [0.5, 0.6) is 0 Å². The normalized spacial score (nSPS) is 39.4. The lowest BCUT2D eigenvalue weighted by molar-refractivity contribution is 0.202. The molecule has 1 aliphatic carbocycles. The number of hydrogen-bond donors (Lipinski definition) is 4. The maximum atomic E-state index is 11.7. The van der Waals surface area contributed by atoms with Gasteiger partial charge < -0.3 is 10.6 Å². The van der Waals surface area contributed by atoms with E-state index in [0.717, 1.165) is 51.9 Å². The van der Waals surface area contributed by atoms with Gasteiger partial charge in [-0.2, -0.15) is 0 Å². The summed E-state index contributed by atoms with van der Waals surface area (Å²) in [7, 11) is -2.87. The summed E-state index contributed by atoms with van der Waals surface area (Å²) in [5.74, 6) is 1.79. The Kier molecular flexibility index (Phi) is 6.25. The molecule has 0 aromatic carbocycles. The van der Waals surface area contributed by atoms with Crippen LogP contribution in [-0.4, -0.2) is 69.4 Å². The molecule has 0 amide bonds. The Bertz CT molecular complexity index is 474. The van der Waals surface area contributed by atoms with E-state index in [4.69, 9.17) is 0 Å². The van der Waals surface area contributed by atoms with Crippen molar-refractivity contribution in [3.8, 4) is 0 Å². The topological polar surface area (TPSA) is 82.3 Å². The highest BCUT2D eigenvalue weighted by Crippen LogP contribution is 2.30. The van der Waals surface area contributed by atoms with Crippen LogP contribution in [0.15, 0.2) is 0 Å². The number of sulfone groups is 1. The largest absolute Gasteiger partial charge is 0.312 e. The van der Waals surface area contributed by atoms with Gasteiger partial charge in [0, 0.05) is 44.2 Å². The van der Waals surface area contributed by atoms with Crippen LogP contribution in [0.4, 0.5) is 0 Å². The van der Waals surface area contributed by atoms with Gasteiger partial charge in [0.05, 0.1) is 16.8 Å². The number of hydrogen-bond acceptors (Lipinski definition) is 7. The zero-order chi connectivity index (χ0) is 16.3. The van der Waals surface area contributed by atoms with E-state index >= 15 is 0 Å². The van der Waals surface area contributed by atoms with Crippen LogP contribution in [0.1, 0.15) is 25.7 Å². The van der Waals surface area contributed by atoms with Crippen molar-refractivity contribution in [3.05, 3.63) is 0 Å². The lowest BCUT2D eigenvalue weighted by Gasteiger charge is -2.40. The van der Waals surface area contributed by atoms with Gasteiger partial charge in [-0.25, -0.2) is 8.42 Å². The van der Waals surface area contributed by atoms with Crippen molar-refractivity contribution >= 4 is 21.6 Å². The van der Waals surface area contributed by atoms with Crippen molar-refractivity contribution < 1.29 is 8.42 Å². The monoisotopic (exact) mass is 362 g/mol. The molecule has 1 saturated carbocycles. The fourth-order valence-corrected chi connectivity index (χ4v) is 6.07. The number of rotatable bonds is 5. The quantitative estimate of drug-likeness (QED) is 0.536. The minimum atomic E-state index is -2.87. The van der Waals surface area contributed by atoms with Crippen LogP contribution < -0.4 is 21.3 Å². The first kappa shape index (κ1) is 17.9. The maximum absolute atomic E-state index is 11.7. The molecule has 0 aromatic heterocycles. The molecule has 3 unspecified atom stereocenters.